The van der Waals surface area contributed by atoms with Gasteiger partial charge < -0.3 is 14.9 Å². The molecule has 0 aromatic carbocycles. The van der Waals surface area contributed by atoms with Crippen LogP contribution in [-0.2, 0) is 9.53 Å². The number of aliphatic carboxylic acids is 1. The highest BCUT2D eigenvalue weighted by molar-refractivity contribution is 5.77. The summed E-state index contributed by atoms with van der Waals surface area (Å²) in [7, 11) is 0. The predicted molar refractivity (Wildman–Crippen MR) is 39.6 cm³/mol. The second-order valence-electron chi connectivity index (χ2n) is 3.80. The first kappa shape index (κ1) is 8.01. The lowest BCUT2D eigenvalue weighted by atomic mass is 10.0. The summed E-state index contributed by atoms with van der Waals surface area (Å²) >= 11 is 0. The van der Waals surface area contributed by atoms with Gasteiger partial charge in [0.2, 0.25) is 0 Å². The van der Waals surface area contributed by atoms with Crippen molar-refractivity contribution in [2.75, 3.05) is 13.2 Å². The number of hydrogen-bond acceptors (Lipinski definition) is 3. The molecule has 2 unspecified atom stereocenters. The summed E-state index contributed by atoms with van der Waals surface area (Å²) in [5.74, 6) is -0.575. The van der Waals surface area contributed by atoms with Gasteiger partial charge in [-0.15, -0.1) is 0 Å². The van der Waals surface area contributed by atoms with Gasteiger partial charge in [-0.1, -0.05) is 0 Å². The van der Waals surface area contributed by atoms with Crippen molar-refractivity contribution in [2.45, 2.75) is 18.4 Å². The average molecular weight is 172 g/mol. The van der Waals surface area contributed by atoms with Crippen LogP contribution >= 0.6 is 0 Å². The van der Waals surface area contributed by atoms with Crippen molar-refractivity contribution in [3.05, 3.63) is 0 Å². The molecular formula is C8H12O4. The van der Waals surface area contributed by atoms with E-state index in [4.69, 9.17) is 9.84 Å². The van der Waals surface area contributed by atoms with E-state index in [0.717, 1.165) is 0 Å². The summed E-state index contributed by atoms with van der Waals surface area (Å²) in [6.07, 6.45) is 0.708. The fourth-order valence-electron chi connectivity index (χ4n) is 2.22. The highest BCUT2D eigenvalue weighted by atomic mass is 16.5. The lowest BCUT2D eigenvalue weighted by Gasteiger charge is -2.17. The molecule has 0 spiro atoms. The van der Waals surface area contributed by atoms with Gasteiger partial charge in [-0.05, 0) is 24.7 Å². The molecule has 2 rings (SSSR count). The first-order chi connectivity index (χ1) is 5.62. The quantitative estimate of drug-likeness (QED) is 0.577. The minimum Gasteiger partial charge on any atom is -0.479 e. The lowest BCUT2D eigenvalue weighted by Crippen LogP contribution is -2.36. The van der Waals surface area contributed by atoms with Crippen LogP contribution in [-0.4, -0.2) is 35.0 Å². The normalized spacial score (nSPS) is 46.1. The molecule has 0 aromatic heterocycles. The topological polar surface area (TPSA) is 66.8 Å². The molecule has 1 saturated carbocycles. The Balaban J connectivity index is 2.11. The average Bonchev–Trinajstić information content (AvgIpc) is 2.44. The highest BCUT2D eigenvalue weighted by Gasteiger charge is 2.51. The third-order valence-corrected chi connectivity index (χ3v) is 2.93. The van der Waals surface area contributed by atoms with Crippen LogP contribution in [0.3, 0.4) is 0 Å². The van der Waals surface area contributed by atoms with Crippen molar-refractivity contribution in [1.29, 1.82) is 0 Å². The number of carbonyl (C=O) groups is 1. The Bertz CT molecular complexity index is 201. The van der Waals surface area contributed by atoms with Crippen molar-refractivity contribution >= 4 is 5.97 Å². The van der Waals surface area contributed by atoms with Crippen molar-refractivity contribution in [3.63, 3.8) is 0 Å². The van der Waals surface area contributed by atoms with Crippen LogP contribution in [0, 0.1) is 11.8 Å². The number of hydrogen-bond donors (Lipinski definition) is 2. The maximum absolute atomic E-state index is 10.7. The Morgan fingerprint density at radius 3 is 2.25 bits per heavy atom. The summed E-state index contributed by atoms with van der Waals surface area (Å²) in [5.41, 5.74) is -1.47. The Morgan fingerprint density at radius 2 is 1.83 bits per heavy atom. The van der Waals surface area contributed by atoms with Crippen LogP contribution in [0.2, 0.25) is 0 Å². The minimum atomic E-state index is -1.47. The number of carboxylic acid groups (broad SMARTS) is 1. The molecular weight excluding hydrogens is 160 g/mol. The monoisotopic (exact) mass is 172 g/mol. The Hall–Kier alpha value is -0.610. The molecule has 2 atom stereocenters. The standard InChI is InChI=1S/C8H12O4/c9-7(10)8(11)1-5-3-12-4-6(5)2-8/h5-6,11H,1-4H2,(H,9,10). The third kappa shape index (κ3) is 1.03. The van der Waals surface area contributed by atoms with Crippen molar-refractivity contribution in [1.82, 2.24) is 0 Å². The lowest BCUT2D eigenvalue weighted by molar-refractivity contribution is -0.158. The van der Waals surface area contributed by atoms with E-state index >= 15 is 0 Å². The molecule has 12 heavy (non-hydrogen) atoms. The Kier molecular flexibility index (Phi) is 1.63. The summed E-state index contributed by atoms with van der Waals surface area (Å²) in [6, 6.07) is 0. The number of aliphatic hydroxyl groups is 1. The van der Waals surface area contributed by atoms with Gasteiger partial charge in [0.15, 0.2) is 5.60 Å². The van der Waals surface area contributed by atoms with Crippen molar-refractivity contribution in [2.24, 2.45) is 11.8 Å². The number of ether oxygens (including phenoxy) is 1. The molecule has 0 aromatic rings. The highest BCUT2D eigenvalue weighted by Crippen LogP contribution is 2.42. The van der Waals surface area contributed by atoms with Crippen LogP contribution in [0.15, 0.2) is 0 Å². The summed E-state index contributed by atoms with van der Waals surface area (Å²) in [5, 5.41) is 18.4. The first-order valence-corrected chi connectivity index (χ1v) is 4.15. The molecule has 0 radical (unpaired) electrons. The van der Waals surface area contributed by atoms with E-state index in [-0.39, 0.29) is 11.8 Å². The molecule has 1 saturated heterocycles. The summed E-state index contributed by atoms with van der Waals surface area (Å²) < 4.78 is 5.18. The molecule has 2 N–H and O–H groups in total. The third-order valence-electron chi connectivity index (χ3n) is 2.93. The molecule has 4 nitrogen and oxygen atoms in total. The van der Waals surface area contributed by atoms with E-state index in [0.29, 0.717) is 26.1 Å². The number of rotatable bonds is 1. The zero-order valence-electron chi connectivity index (χ0n) is 6.69. The molecule has 2 fully saturated rings. The first-order valence-electron chi connectivity index (χ1n) is 4.15. The zero-order chi connectivity index (χ0) is 8.77. The van der Waals surface area contributed by atoms with Crippen LogP contribution in [0.5, 0.6) is 0 Å². The van der Waals surface area contributed by atoms with Crippen molar-refractivity contribution in [3.8, 4) is 0 Å². The van der Waals surface area contributed by atoms with Gasteiger partial charge in [-0.2, -0.15) is 0 Å². The van der Waals surface area contributed by atoms with Gasteiger partial charge in [0, 0.05) is 13.2 Å². The van der Waals surface area contributed by atoms with E-state index in [1.807, 2.05) is 0 Å². The molecule has 1 aliphatic carbocycles. The van der Waals surface area contributed by atoms with Gasteiger partial charge in [0.25, 0.3) is 0 Å². The molecule has 0 amide bonds. The second kappa shape index (κ2) is 2.44. The van der Waals surface area contributed by atoms with E-state index in [1.54, 1.807) is 0 Å². The molecule has 1 aliphatic heterocycles. The molecule has 2 aliphatic rings. The number of fused-ring (bicyclic) bond motifs is 1. The summed E-state index contributed by atoms with van der Waals surface area (Å²) in [6.45, 7) is 1.22. The van der Waals surface area contributed by atoms with Gasteiger partial charge >= 0.3 is 5.97 Å². The second-order valence-corrected chi connectivity index (χ2v) is 3.80. The minimum absolute atomic E-state index is 0.256. The van der Waals surface area contributed by atoms with E-state index in [1.165, 1.54) is 0 Å². The van der Waals surface area contributed by atoms with Crippen molar-refractivity contribution < 1.29 is 19.7 Å². The van der Waals surface area contributed by atoms with E-state index in [2.05, 4.69) is 0 Å². The van der Waals surface area contributed by atoms with Gasteiger partial charge in [-0.3, -0.25) is 0 Å². The SMILES string of the molecule is O=C(O)C1(O)CC2COCC2C1. The maximum Gasteiger partial charge on any atom is 0.335 e. The summed E-state index contributed by atoms with van der Waals surface area (Å²) in [4.78, 5) is 10.7. The largest absolute Gasteiger partial charge is 0.479 e. The maximum atomic E-state index is 10.7. The van der Waals surface area contributed by atoms with Gasteiger partial charge in [0.05, 0.1) is 0 Å². The number of carboxylic acids is 1. The Morgan fingerprint density at radius 1 is 1.33 bits per heavy atom. The van der Waals surface area contributed by atoms with E-state index in [9.17, 15) is 9.90 Å². The fraction of sp³-hybridized carbons (Fsp3) is 0.875. The zero-order valence-corrected chi connectivity index (χ0v) is 6.69. The predicted octanol–water partition coefficient (Wildman–Crippen LogP) is -0.142. The molecule has 68 valence electrons. The molecule has 0 bridgehead atoms. The van der Waals surface area contributed by atoms with Gasteiger partial charge in [0.1, 0.15) is 0 Å². The van der Waals surface area contributed by atoms with E-state index < -0.39 is 11.6 Å². The fourth-order valence-corrected chi connectivity index (χ4v) is 2.22. The molecule has 4 heteroatoms. The van der Waals surface area contributed by atoms with Crippen LogP contribution in [0.1, 0.15) is 12.8 Å². The smallest absolute Gasteiger partial charge is 0.335 e. The van der Waals surface area contributed by atoms with Crippen LogP contribution in [0.25, 0.3) is 0 Å². The van der Waals surface area contributed by atoms with Crippen LogP contribution < -0.4 is 0 Å². The van der Waals surface area contributed by atoms with Gasteiger partial charge in [-0.25, -0.2) is 4.79 Å². The Labute approximate surface area is 70.1 Å². The molecule has 1 heterocycles. The van der Waals surface area contributed by atoms with Crippen LogP contribution in [0.4, 0.5) is 0 Å².